The number of rotatable bonds is 5. The van der Waals surface area contributed by atoms with Crippen molar-refractivity contribution in [2.75, 3.05) is 6.54 Å². The van der Waals surface area contributed by atoms with Crippen molar-refractivity contribution in [3.8, 4) is 0 Å². The van der Waals surface area contributed by atoms with Gasteiger partial charge in [0, 0.05) is 41.1 Å². The third kappa shape index (κ3) is 3.50. The van der Waals surface area contributed by atoms with E-state index in [9.17, 15) is 5.11 Å². The Labute approximate surface area is 116 Å². The Morgan fingerprint density at radius 2 is 2.11 bits per heavy atom. The summed E-state index contributed by atoms with van der Waals surface area (Å²) >= 11 is 11.8. The molecule has 3 nitrogen and oxygen atoms in total. The van der Waals surface area contributed by atoms with Gasteiger partial charge in [0.05, 0.1) is 6.10 Å². The lowest BCUT2D eigenvalue weighted by Gasteiger charge is -2.13. The van der Waals surface area contributed by atoms with E-state index in [1.807, 2.05) is 18.5 Å². The van der Waals surface area contributed by atoms with Crippen molar-refractivity contribution in [2.45, 2.75) is 12.6 Å². The molecule has 0 saturated heterocycles. The first-order chi connectivity index (χ1) is 8.66. The van der Waals surface area contributed by atoms with E-state index in [1.165, 1.54) is 0 Å². The van der Waals surface area contributed by atoms with Crippen LogP contribution in [0, 0.1) is 0 Å². The molecule has 1 aromatic carbocycles. The van der Waals surface area contributed by atoms with Crippen molar-refractivity contribution in [3.63, 3.8) is 0 Å². The molecule has 0 bridgehead atoms. The topological polar surface area (TPSA) is 48.0 Å². The molecule has 0 radical (unpaired) electrons. The minimum atomic E-state index is -0.645. The summed E-state index contributed by atoms with van der Waals surface area (Å²) in [7, 11) is 0. The smallest absolute Gasteiger partial charge is 0.0928 e. The lowest BCUT2D eigenvalue weighted by molar-refractivity contribution is 0.174. The van der Waals surface area contributed by atoms with Gasteiger partial charge in [0.15, 0.2) is 0 Å². The summed E-state index contributed by atoms with van der Waals surface area (Å²) in [6, 6.07) is 7.08. The maximum Gasteiger partial charge on any atom is 0.0928 e. The third-order valence-corrected chi connectivity index (χ3v) is 3.21. The molecular formula is C13H14Cl2N2O. The SMILES string of the molecule is OC(CNCc1cc[nH]c1)c1ccc(Cl)cc1Cl. The third-order valence-electron chi connectivity index (χ3n) is 2.65. The highest BCUT2D eigenvalue weighted by Crippen LogP contribution is 2.25. The Balaban J connectivity index is 1.89. The maximum atomic E-state index is 10.0. The lowest BCUT2D eigenvalue weighted by atomic mass is 10.1. The van der Waals surface area contributed by atoms with Crippen LogP contribution < -0.4 is 5.32 Å². The number of benzene rings is 1. The second kappa shape index (κ2) is 6.25. The number of H-pyrrole nitrogens is 1. The standard InChI is InChI=1S/C13H14Cl2N2O/c14-10-1-2-11(12(15)5-10)13(18)8-17-7-9-3-4-16-6-9/h1-6,13,16-18H,7-8H2. The first-order valence-corrected chi connectivity index (χ1v) is 6.38. The van der Waals surface area contributed by atoms with E-state index in [4.69, 9.17) is 23.2 Å². The summed E-state index contributed by atoms with van der Waals surface area (Å²) in [5.74, 6) is 0. The number of aliphatic hydroxyl groups excluding tert-OH is 1. The van der Waals surface area contributed by atoms with E-state index in [0.29, 0.717) is 28.7 Å². The van der Waals surface area contributed by atoms with Gasteiger partial charge in [0.2, 0.25) is 0 Å². The van der Waals surface area contributed by atoms with Crippen molar-refractivity contribution in [3.05, 3.63) is 57.8 Å². The summed E-state index contributed by atoms with van der Waals surface area (Å²) in [5.41, 5.74) is 1.83. The quantitative estimate of drug-likeness (QED) is 0.790. The molecule has 1 unspecified atom stereocenters. The number of halogens is 2. The molecule has 0 saturated carbocycles. The van der Waals surface area contributed by atoms with Crippen molar-refractivity contribution in [2.24, 2.45) is 0 Å². The summed E-state index contributed by atoms with van der Waals surface area (Å²) in [6.45, 7) is 1.14. The Kier molecular flexibility index (Phi) is 4.66. The van der Waals surface area contributed by atoms with Crippen LogP contribution in [0.15, 0.2) is 36.7 Å². The van der Waals surface area contributed by atoms with Crippen LogP contribution in [0.1, 0.15) is 17.2 Å². The highest BCUT2D eigenvalue weighted by atomic mass is 35.5. The molecule has 18 heavy (non-hydrogen) atoms. The van der Waals surface area contributed by atoms with Crippen LogP contribution in [0.4, 0.5) is 0 Å². The van der Waals surface area contributed by atoms with Crippen LogP contribution in [0.2, 0.25) is 10.0 Å². The van der Waals surface area contributed by atoms with Crippen molar-refractivity contribution in [1.82, 2.24) is 10.3 Å². The van der Waals surface area contributed by atoms with Crippen molar-refractivity contribution in [1.29, 1.82) is 0 Å². The molecular weight excluding hydrogens is 271 g/mol. The molecule has 0 amide bonds. The zero-order valence-corrected chi connectivity index (χ0v) is 11.2. The second-order valence-electron chi connectivity index (χ2n) is 4.03. The number of nitrogens with one attached hydrogen (secondary N) is 2. The molecule has 2 aromatic rings. The number of hydrogen-bond acceptors (Lipinski definition) is 2. The summed E-state index contributed by atoms with van der Waals surface area (Å²) in [6.07, 6.45) is 3.13. The van der Waals surface area contributed by atoms with Crippen molar-refractivity contribution >= 4 is 23.2 Å². The molecule has 0 aliphatic carbocycles. The molecule has 96 valence electrons. The van der Waals surface area contributed by atoms with Gasteiger partial charge in [-0.25, -0.2) is 0 Å². The van der Waals surface area contributed by atoms with Gasteiger partial charge < -0.3 is 15.4 Å². The Bertz CT molecular complexity index is 500. The Morgan fingerprint density at radius 1 is 1.28 bits per heavy atom. The van der Waals surface area contributed by atoms with Crippen LogP contribution in [-0.4, -0.2) is 16.6 Å². The van der Waals surface area contributed by atoms with E-state index in [-0.39, 0.29) is 0 Å². The molecule has 0 spiro atoms. The van der Waals surface area contributed by atoms with Crippen LogP contribution in [0.25, 0.3) is 0 Å². The molecule has 0 fully saturated rings. The van der Waals surface area contributed by atoms with E-state index in [0.717, 1.165) is 5.56 Å². The molecule has 2 rings (SSSR count). The van der Waals surface area contributed by atoms with E-state index in [1.54, 1.807) is 18.2 Å². The van der Waals surface area contributed by atoms with Crippen LogP contribution in [0.5, 0.6) is 0 Å². The fraction of sp³-hybridized carbons (Fsp3) is 0.231. The fourth-order valence-electron chi connectivity index (χ4n) is 1.70. The van der Waals surface area contributed by atoms with Crippen molar-refractivity contribution < 1.29 is 5.11 Å². The van der Waals surface area contributed by atoms with Gasteiger partial charge in [-0.2, -0.15) is 0 Å². The molecule has 3 N–H and O–H groups in total. The van der Waals surface area contributed by atoms with Gasteiger partial charge in [-0.1, -0.05) is 29.3 Å². The highest BCUT2D eigenvalue weighted by Gasteiger charge is 2.11. The second-order valence-corrected chi connectivity index (χ2v) is 4.88. The summed E-state index contributed by atoms with van der Waals surface area (Å²) in [4.78, 5) is 2.98. The monoisotopic (exact) mass is 284 g/mol. The Hall–Kier alpha value is -1.000. The Morgan fingerprint density at radius 3 is 2.78 bits per heavy atom. The number of aromatic nitrogens is 1. The average Bonchev–Trinajstić information content (AvgIpc) is 2.81. The van der Waals surface area contributed by atoms with Crippen LogP contribution >= 0.6 is 23.2 Å². The molecule has 0 aliphatic heterocycles. The van der Waals surface area contributed by atoms with E-state index >= 15 is 0 Å². The highest BCUT2D eigenvalue weighted by molar-refractivity contribution is 6.35. The minimum absolute atomic E-state index is 0.437. The average molecular weight is 285 g/mol. The predicted octanol–water partition coefficient (Wildman–Crippen LogP) is 3.14. The molecule has 1 aromatic heterocycles. The van der Waals surface area contributed by atoms with Gasteiger partial charge in [-0.3, -0.25) is 0 Å². The number of aliphatic hydroxyl groups is 1. The zero-order valence-electron chi connectivity index (χ0n) is 9.66. The summed E-state index contributed by atoms with van der Waals surface area (Å²) in [5, 5.41) is 14.2. The van der Waals surface area contributed by atoms with E-state index < -0.39 is 6.10 Å². The van der Waals surface area contributed by atoms with E-state index in [2.05, 4.69) is 10.3 Å². The first kappa shape index (κ1) is 13.4. The summed E-state index contributed by atoms with van der Waals surface area (Å²) < 4.78 is 0. The molecule has 0 aliphatic rings. The fourth-order valence-corrected chi connectivity index (χ4v) is 2.24. The van der Waals surface area contributed by atoms with Gasteiger partial charge in [0.1, 0.15) is 0 Å². The van der Waals surface area contributed by atoms with Gasteiger partial charge in [0.25, 0.3) is 0 Å². The van der Waals surface area contributed by atoms with Gasteiger partial charge in [-0.05, 0) is 23.8 Å². The normalized spacial score (nSPS) is 12.6. The molecule has 5 heteroatoms. The largest absolute Gasteiger partial charge is 0.387 e. The van der Waals surface area contributed by atoms with Gasteiger partial charge in [-0.15, -0.1) is 0 Å². The number of hydrogen-bond donors (Lipinski definition) is 3. The number of aromatic amines is 1. The molecule has 1 atom stereocenters. The minimum Gasteiger partial charge on any atom is -0.387 e. The lowest BCUT2D eigenvalue weighted by Crippen LogP contribution is -2.21. The predicted molar refractivity (Wildman–Crippen MR) is 73.9 cm³/mol. The van der Waals surface area contributed by atoms with Crippen LogP contribution in [0.3, 0.4) is 0 Å². The first-order valence-electron chi connectivity index (χ1n) is 5.62. The van der Waals surface area contributed by atoms with Gasteiger partial charge >= 0.3 is 0 Å². The maximum absolute atomic E-state index is 10.0. The zero-order chi connectivity index (χ0) is 13.0. The van der Waals surface area contributed by atoms with Crippen LogP contribution in [-0.2, 0) is 6.54 Å². The molecule has 1 heterocycles.